The third-order valence-electron chi connectivity index (χ3n) is 2.62. The van der Waals surface area contributed by atoms with Gasteiger partial charge in [-0.05, 0) is 18.2 Å². The Morgan fingerprint density at radius 2 is 1.48 bits per heavy atom. The summed E-state index contributed by atoms with van der Waals surface area (Å²) in [5, 5.41) is 36.2. The van der Waals surface area contributed by atoms with E-state index in [0.717, 1.165) is 6.07 Å². The van der Waals surface area contributed by atoms with Gasteiger partial charge in [-0.2, -0.15) is 0 Å². The van der Waals surface area contributed by atoms with Crippen LogP contribution in [-0.2, 0) is 0 Å². The van der Waals surface area contributed by atoms with Crippen molar-refractivity contribution in [2.45, 2.75) is 6.42 Å². The van der Waals surface area contributed by atoms with Crippen molar-refractivity contribution in [3.05, 3.63) is 45.9 Å². The molecule has 8 heteroatoms. The van der Waals surface area contributed by atoms with Gasteiger partial charge in [0.1, 0.15) is 23.0 Å². The maximum absolute atomic E-state index is 11.3. The van der Waals surface area contributed by atoms with E-state index in [0.29, 0.717) is 0 Å². The minimum absolute atomic E-state index is 0.0110. The molecule has 0 radical (unpaired) electrons. The molecule has 0 saturated heterocycles. The molecule has 0 unspecified atom stereocenters. The van der Waals surface area contributed by atoms with Crippen molar-refractivity contribution in [1.82, 2.24) is 0 Å². The summed E-state index contributed by atoms with van der Waals surface area (Å²) < 4.78 is 0. The number of Topliss-reactive ketones (excluding diaryl/α,β-unsaturated/α-hetero) is 1. The zero-order valence-corrected chi connectivity index (χ0v) is 13.9. The predicted octanol–water partition coefficient (Wildman–Crippen LogP) is 4.31. The van der Waals surface area contributed by atoms with Crippen LogP contribution in [0.5, 0.6) is 23.0 Å². The molecule has 4 N–H and O–H groups in total. The highest BCUT2D eigenvalue weighted by molar-refractivity contribution is 6.32. The van der Waals surface area contributed by atoms with Crippen LogP contribution in [0, 0.1) is 0 Å². The highest BCUT2D eigenvalue weighted by Crippen LogP contribution is 2.31. The number of rotatable bonds is 3. The average molecular weight is 380 g/mol. The van der Waals surface area contributed by atoms with Crippen LogP contribution in [-0.4, -0.2) is 32.1 Å². The van der Waals surface area contributed by atoms with E-state index >= 15 is 0 Å². The molecule has 124 valence electrons. The molecule has 5 nitrogen and oxygen atoms in total. The molecule has 0 aromatic heterocycles. The molecule has 2 aromatic rings. The number of alkyl halides is 1. The summed E-state index contributed by atoms with van der Waals surface area (Å²) in [7, 11) is 0. The Morgan fingerprint density at radius 1 is 0.870 bits per heavy atom. The fourth-order valence-corrected chi connectivity index (χ4v) is 1.95. The Labute approximate surface area is 147 Å². The number of ketones is 1. The van der Waals surface area contributed by atoms with Gasteiger partial charge < -0.3 is 20.4 Å². The second-order valence-corrected chi connectivity index (χ2v) is 5.51. The van der Waals surface area contributed by atoms with E-state index in [9.17, 15) is 9.90 Å². The summed E-state index contributed by atoms with van der Waals surface area (Å²) in [5.74, 6) is -0.766. The quantitative estimate of drug-likeness (QED) is 0.470. The van der Waals surface area contributed by atoms with E-state index in [4.69, 9.17) is 50.1 Å². The van der Waals surface area contributed by atoms with Gasteiger partial charge in [-0.15, -0.1) is 11.6 Å². The SMILES string of the molecule is O=C(CCCl)c1cc(Cl)c(O)cc1O.Oc1ccc(Cl)c(O)c1. The van der Waals surface area contributed by atoms with Crippen molar-refractivity contribution in [2.75, 3.05) is 5.88 Å². The van der Waals surface area contributed by atoms with Crippen molar-refractivity contribution in [2.24, 2.45) is 0 Å². The van der Waals surface area contributed by atoms with Crippen LogP contribution in [0.25, 0.3) is 0 Å². The number of phenols is 4. The largest absolute Gasteiger partial charge is 0.508 e. The van der Waals surface area contributed by atoms with Crippen LogP contribution in [0.1, 0.15) is 16.8 Å². The van der Waals surface area contributed by atoms with Crippen LogP contribution < -0.4 is 0 Å². The van der Waals surface area contributed by atoms with Crippen LogP contribution >= 0.6 is 34.8 Å². The smallest absolute Gasteiger partial charge is 0.167 e. The van der Waals surface area contributed by atoms with Gasteiger partial charge in [0.25, 0.3) is 0 Å². The molecule has 0 amide bonds. The summed E-state index contributed by atoms with van der Waals surface area (Å²) in [6.07, 6.45) is 0.121. The van der Waals surface area contributed by atoms with Crippen molar-refractivity contribution in [3.8, 4) is 23.0 Å². The second-order valence-electron chi connectivity index (χ2n) is 4.32. The zero-order valence-electron chi connectivity index (χ0n) is 11.6. The summed E-state index contributed by atoms with van der Waals surface area (Å²) in [6, 6.07) is 6.27. The number of hydrogen-bond donors (Lipinski definition) is 4. The molecule has 0 aliphatic carbocycles. The molecule has 0 fully saturated rings. The van der Waals surface area contributed by atoms with Gasteiger partial charge in [0.2, 0.25) is 0 Å². The van der Waals surface area contributed by atoms with E-state index in [1.807, 2.05) is 0 Å². The molecule has 0 saturated carbocycles. The molecule has 0 atom stereocenters. The maximum Gasteiger partial charge on any atom is 0.167 e. The Balaban J connectivity index is 0.000000253. The lowest BCUT2D eigenvalue weighted by Crippen LogP contribution is -2.00. The molecule has 0 bridgehead atoms. The highest BCUT2D eigenvalue weighted by atomic mass is 35.5. The molecule has 2 rings (SSSR count). The van der Waals surface area contributed by atoms with Crippen LogP contribution in [0.2, 0.25) is 10.0 Å². The number of carbonyl (C=O) groups is 1. The van der Waals surface area contributed by atoms with Crippen LogP contribution in [0.3, 0.4) is 0 Å². The number of aromatic hydroxyl groups is 4. The number of hydrogen-bond acceptors (Lipinski definition) is 5. The summed E-state index contributed by atoms with van der Waals surface area (Å²) in [5.41, 5.74) is 0.0773. The first-order valence-electron chi connectivity index (χ1n) is 6.24. The zero-order chi connectivity index (χ0) is 17.6. The Hall–Kier alpha value is -1.82. The van der Waals surface area contributed by atoms with Gasteiger partial charge in [0, 0.05) is 24.4 Å². The van der Waals surface area contributed by atoms with E-state index in [-0.39, 0.29) is 56.7 Å². The number of benzene rings is 2. The Morgan fingerprint density at radius 3 is 2.00 bits per heavy atom. The third-order valence-corrected chi connectivity index (χ3v) is 3.43. The van der Waals surface area contributed by atoms with Gasteiger partial charge >= 0.3 is 0 Å². The van der Waals surface area contributed by atoms with Gasteiger partial charge in [-0.25, -0.2) is 0 Å². The molecule has 0 heterocycles. The van der Waals surface area contributed by atoms with Crippen LogP contribution in [0.15, 0.2) is 30.3 Å². The van der Waals surface area contributed by atoms with Gasteiger partial charge in [-0.1, -0.05) is 23.2 Å². The first-order valence-corrected chi connectivity index (χ1v) is 7.53. The van der Waals surface area contributed by atoms with E-state index in [2.05, 4.69) is 0 Å². The van der Waals surface area contributed by atoms with E-state index in [1.54, 1.807) is 0 Å². The van der Waals surface area contributed by atoms with Crippen molar-refractivity contribution in [3.63, 3.8) is 0 Å². The summed E-state index contributed by atoms with van der Waals surface area (Å²) in [6.45, 7) is 0. The minimum Gasteiger partial charge on any atom is -0.508 e. The Bertz CT molecular complexity index is 704. The first-order chi connectivity index (χ1) is 10.8. The Kier molecular flexibility index (Phi) is 7.29. The third kappa shape index (κ3) is 5.71. The topological polar surface area (TPSA) is 98.0 Å². The first kappa shape index (κ1) is 19.2. The number of phenolic OH excluding ortho intramolecular Hbond substituents is 4. The fourth-order valence-electron chi connectivity index (χ4n) is 1.50. The average Bonchev–Trinajstić information content (AvgIpc) is 2.48. The number of carbonyl (C=O) groups excluding carboxylic acids is 1. The normalized spacial score (nSPS) is 9.87. The van der Waals surface area contributed by atoms with E-state index < -0.39 is 0 Å². The lowest BCUT2D eigenvalue weighted by molar-refractivity contribution is 0.0986. The molecule has 2 aromatic carbocycles. The van der Waals surface area contributed by atoms with E-state index in [1.165, 1.54) is 24.3 Å². The lowest BCUT2D eigenvalue weighted by atomic mass is 10.1. The maximum atomic E-state index is 11.3. The van der Waals surface area contributed by atoms with Crippen LogP contribution in [0.4, 0.5) is 0 Å². The molecular weight excluding hydrogens is 367 g/mol. The molecule has 23 heavy (non-hydrogen) atoms. The van der Waals surface area contributed by atoms with Gasteiger partial charge in [0.15, 0.2) is 5.78 Å². The molecule has 0 aliphatic rings. The fraction of sp³-hybridized carbons (Fsp3) is 0.133. The summed E-state index contributed by atoms with van der Waals surface area (Å²) in [4.78, 5) is 11.3. The monoisotopic (exact) mass is 378 g/mol. The standard InChI is InChI=1S/C9H8Cl2O3.C6H5ClO2/c10-2-1-7(12)5-3-6(11)9(14)4-8(5)13;7-5-2-1-4(8)3-6(5)9/h3-4,13-14H,1-2H2;1-3,8-9H. The van der Waals surface area contributed by atoms with Crippen molar-refractivity contribution >= 4 is 40.6 Å². The van der Waals surface area contributed by atoms with Gasteiger partial charge in [0.05, 0.1) is 15.6 Å². The van der Waals surface area contributed by atoms with Crippen molar-refractivity contribution in [1.29, 1.82) is 0 Å². The highest BCUT2D eigenvalue weighted by Gasteiger charge is 2.13. The van der Waals surface area contributed by atoms with Crippen molar-refractivity contribution < 1.29 is 25.2 Å². The molecule has 0 aliphatic heterocycles. The predicted molar refractivity (Wildman–Crippen MR) is 89.2 cm³/mol. The molecule has 0 spiro atoms. The lowest BCUT2D eigenvalue weighted by Gasteiger charge is -2.04. The second kappa shape index (κ2) is 8.72. The minimum atomic E-state index is -0.306. The summed E-state index contributed by atoms with van der Waals surface area (Å²) >= 11 is 16.4. The number of halogens is 3. The van der Waals surface area contributed by atoms with Gasteiger partial charge in [-0.3, -0.25) is 4.79 Å². The molecular formula is C15H13Cl3O5.